The number of hydrogen-bond acceptors (Lipinski definition) is 7. The predicted octanol–water partition coefficient (Wildman–Crippen LogP) is 3.90. The van der Waals surface area contributed by atoms with Crippen LogP contribution in [-0.4, -0.2) is 40.8 Å². The average Bonchev–Trinajstić information content (AvgIpc) is 3.46. The van der Waals surface area contributed by atoms with Crippen molar-refractivity contribution in [1.82, 2.24) is 14.8 Å². The van der Waals surface area contributed by atoms with E-state index in [2.05, 4.69) is 10.3 Å². The second-order valence-corrected chi connectivity index (χ2v) is 9.34. The molecule has 0 saturated carbocycles. The fourth-order valence-electron chi connectivity index (χ4n) is 5.42. The Morgan fingerprint density at radius 1 is 0.833 bits per heavy atom. The molecule has 2 amide bonds. The number of ether oxygens (including phenoxy) is 2. The molecular weight excluding hydrogens is 458 g/mol. The van der Waals surface area contributed by atoms with Crippen molar-refractivity contribution in [2.24, 2.45) is 11.8 Å². The normalized spacial score (nSPS) is 24.8. The third kappa shape index (κ3) is 3.62. The van der Waals surface area contributed by atoms with Crippen molar-refractivity contribution in [3.63, 3.8) is 0 Å². The Morgan fingerprint density at radius 2 is 1.39 bits per heavy atom. The number of hydrogen-bond donors (Lipinski definition) is 1. The summed E-state index contributed by atoms with van der Waals surface area (Å²) in [4.78, 5) is 32.2. The van der Waals surface area contributed by atoms with Gasteiger partial charge in [0.1, 0.15) is 11.5 Å². The van der Waals surface area contributed by atoms with Crippen LogP contribution in [0.25, 0.3) is 0 Å². The van der Waals surface area contributed by atoms with Crippen molar-refractivity contribution < 1.29 is 19.1 Å². The van der Waals surface area contributed by atoms with E-state index < -0.39 is 0 Å². The summed E-state index contributed by atoms with van der Waals surface area (Å²) in [5.74, 6) is 1.11. The van der Waals surface area contributed by atoms with Crippen molar-refractivity contribution in [3.8, 4) is 11.5 Å². The van der Waals surface area contributed by atoms with E-state index in [4.69, 9.17) is 14.6 Å². The summed E-state index contributed by atoms with van der Waals surface area (Å²) in [6.45, 7) is 0. The number of carbonyl (C=O) groups excluding carboxylic acids is 2. The molecular formula is C27H27N5O4. The molecule has 9 heteroatoms. The number of rotatable bonds is 5. The zero-order valence-electron chi connectivity index (χ0n) is 20.1. The number of nitrogens with zero attached hydrogens (tertiary/aromatic N) is 4. The average molecular weight is 486 g/mol. The van der Waals surface area contributed by atoms with Crippen LogP contribution >= 0.6 is 0 Å². The Balaban J connectivity index is 1.38. The van der Waals surface area contributed by atoms with Crippen molar-refractivity contribution in [2.45, 2.75) is 31.3 Å². The number of benzene rings is 2. The molecule has 6 rings (SSSR count). The lowest BCUT2D eigenvalue weighted by Gasteiger charge is -2.31. The lowest BCUT2D eigenvalue weighted by molar-refractivity contribution is -0.122. The lowest BCUT2D eigenvalue weighted by atomic mass is 9.85. The van der Waals surface area contributed by atoms with Gasteiger partial charge in [0, 0.05) is 0 Å². The van der Waals surface area contributed by atoms with Gasteiger partial charge in [-0.2, -0.15) is 4.98 Å². The first-order valence-corrected chi connectivity index (χ1v) is 12.1. The van der Waals surface area contributed by atoms with Gasteiger partial charge >= 0.3 is 0 Å². The van der Waals surface area contributed by atoms with Gasteiger partial charge in [0.05, 0.1) is 38.1 Å². The number of carbonyl (C=O) groups is 2. The fourth-order valence-corrected chi connectivity index (χ4v) is 5.42. The van der Waals surface area contributed by atoms with Gasteiger partial charge in [-0.05, 0) is 54.7 Å². The lowest BCUT2D eigenvalue weighted by Crippen LogP contribution is -2.32. The first-order chi connectivity index (χ1) is 17.6. The quantitative estimate of drug-likeness (QED) is 0.432. The van der Waals surface area contributed by atoms with E-state index in [-0.39, 0.29) is 41.7 Å². The Labute approximate surface area is 208 Å². The van der Waals surface area contributed by atoms with Crippen LogP contribution < -0.4 is 19.7 Å². The van der Waals surface area contributed by atoms with Crippen molar-refractivity contribution >= 4 is 23.7 Å². The van der Waals surface area contributed by atoms with Gasteiger partial charge in [-0.25, -0.2) is 9.58 Å². The monoisotopic (exact) mass is 485 g/mol. The minimum absolute atomic E-state index is 0.0516. The van der Waals surface area contributed by atoms with Crippen LogP contribution in [0.2, 0.25) is 0 Å². The molecule has 2 aromatic carbocycles. The molecule has 1 saturated heterocycles. The van der Waals surface area contributed by atoms with E-state index in [9.17, 15) is 9.59 Å². The standard InChI is InChI=1S/C27H27N5O4/c1-35-18-11-7-16(8-12-18)22-15-23(17-9-13-19(36-2)14-10-17)32-26(28-22)29-27(30-32)31-24(33)20-5-3-4-6-21(20)25(31)34/h3-4,7-14,20-23H,5-6,15H2,1-2H3,(H,28,29,30)/t20-,21-,22+,23+/m0/s1. The van der Waals surface area contributed by atoms with Crippen LogP contribution in [0.4, 0.5) is 11.9 Å². The minimum atomic E-state index is -0.333. The molecule has 4 atom stereocenters. The molecule has 0 bridgehead atoms. The van der Waals surface area contributed by atoms with Crippen molar-refractivity contribution in [1.29, 1.82) is 0 Å². The third-order valence-electron chi connectivity index (χ3n) is 7.40. The van der Waals surface area contributed by atoms with Crippen LogP contribution in [0, 0.1) is 11.8 Å². The topological polar surface area (TPSA) is 98.6 Å². The number of fused-ring (bicyclic) bond motifs is 2. The smallest absolute Gasteiger partial charge is 0.260 e. The van der Waals surface area contributed by atoms with Crippen LogP contribution in [0.3, 0.4) is 0 Å². The van der Waals surface area contributed by atoms with Crippen LogP contribution in [0.15, 0.2) is 60.7 Å². The van der Waals surface area contributed by atoms with Crippen LogP contribution in [0.1, 0.15) is 42.5 Å². The van der Waals surface area contributed by atoms with E-state index in [1.807, 2.05) is 60.7 Å². The molecule has 3 heterocycles. The summed E-state index contributed by atoms with van der Waals surface area (Å²) in [6, 6.07) is 15.6. The van der Waals surface area contributed by atoms with Gasteiger partial charge in [-0.15, -0.1) is 5.10 Å². The van der Waals surface area contributed by atoms with Gasteiger partial charge < -0.3 is 14.8 Å². The first-order valence-electron chi connectivity index (χ1n) is 12.1. The van der Waals surface area contributed by atoms with Gasteiger partial charge in [0.25, 0.3) is 5.95 Å². The van der Waals surface area contributed by atoms with Gasteiger partial charge in [0.15, 0.2) is 0 Å². The van der Waals surface area contributed by atoms with Gasteiger partial charge in [-0.1, -0.05) is 36.4 Å². The highest BCUT2D eigenvalue weighted by Gasteiger charge is 2.50. The number of nitrogens with one attached hydrogen (secondary N) is 1. The Morgan fingerprint density at radius 3 is 1.94 bits per heavy atom. The molecule has 1 aliphatic carbocycles. The zero-order chi connectivity index (χ0) is 24.8. The minimum Gasteiger partial charge on any atom is -0.497 e. The molecule has 1 aromatic heterocycles. The summed E-state index contributed by atoms with van der Waals surface area (Å²) in [5, 5.41) is 8.17. The van der Waals surface area contributed by atoms with Crippen LogP contribution in [-0.2, 0) is 9.59 Å². The second-order valence-electron chi connectivity index (χ2n) is 9.34. The summed E-state index contributed by atoms with van der Waals surface area (Å²) in [6.07, 6.45) is 5.80. The maximum Gasteiger partial charge on any atom is 0.260 e. The highest BCUT2D eigenvalue weighted by atomic mass is 16.5. The number of aromatic nitrogens is 3. The molecule has 0 radical (unpaired) electrons. The number of anilines is 2. The van der Waals surface area contributed by atoms with E-state index in [1.165, 1.54) is 4.90 Å². The summed E-state index contributed by atoms with van der Waals surface area (Å²) < 4.78 is 12.4. The molecule has 0 spiro atoms. The van der Waals surface area contributed by atoms with Gasteiger partial charge in [-0.3, -0.25) is 9.59 Å². The summed E-state index contributed by atoms with van der Waals surface area (Å²) >= 11 is 0. The molecule has 1 fully saturated rings. The zero-order valence-corrected chi connectivity index (χ0v) is 20.1. The summed E-state index contributed by atoms with van der Waals surface area (Å²) in [7, 11) is 3.28. The molecule has 2 aliphatic heterocycles. The largest absolute Gasteiger partial charge is 0.497 e. The maximum absolute atomic E-state index is 13.2. The number of amides is 2. The van der Waals surface area contributed by atoms with E-state index in [0.29, 0.717) is 25.2 Å². The first kappa shape index (κ1) is 22.3. The van der Waals surface area contributed by atoms with Crippen molar-refractivity contribution in [2.75, 3.05) is 24.4 Å². The van der Waals surface area contributed by atoms with E-state index in [0.717, 1.165) is 22.6 Å². The molecule has 184 valence electrons. The number of allylic oxidation sites excluding steroid dienone is 2. The van der Waals surface area contributed by atoms with Crippen LogP contribution in [0.5, 0.6) is 11.5 Å². The second kappa shape index (κ2) is 8.82. The summed E-state index contributed by atoms with van der Waals surface area (Å²) in [5.41, 5.74) is 2.11. The molecule has 36 heavy (non-hydrogen) atoms. The van der Waals surface area contributed by atoms with E-state index in [1.54, 1.807) is 18.9 Å². The molecule has 0 unspecified atom stereocenters. The predicted molar refractivity (Wildman–Crippen MR) is 133 cm³/mol. The molecule has 3 aliphatic rings. The highest BCUT2D eigenvalue weighted by Crippen LogP contribution is 2.41. The Hall–Kier alpha value is -4.14. The third-order valence-corrected chi connectivity index (χ3v) is 7.40. The molecule has 1 N–H and O–H groups in total. The highest BCUT2D eigenvalue weighted by molar-refractivity contribution is 6.21. The van der Waals surface area contributed by atoms with E-state index >= 15 is 0 Å². The van der Waals surface area contributed by atoms with Crippen molar-refractivity contribution in [3.05, 3.63) is 71.8 Å². The fraction of sp³-hybridized carbons (Fsp3) is 0.333. The molecule has 9 nitrogen and oxygen atoms in total. The molecule has 3 aromatic rings. The van der Waals surface area contributed by atoms with Gasteiger partial charge in [0.2, 0.25) is 17.8 Å². The SMILES string of the molecule is COc1ccc([C@H]2C[C@H](c3ccc(OC)cc3)Nc3nc(N4C(=O)[C@H]5CC=CC[C@@H]5C4=O)nn32)cc1. The maximum atomic E-state index is 13.2. The Bertz CT molecular complexity index is 1310. The Kier molecular flexibility index (Phi) is 5.47. The number of imide groups is 1. The number of methoxy groups -OCH3 is 2.